The van der Waals surface area contributed by atoms with Crippen LogP contribution in [0.4, 0.5) is 5.69 Å². The molecule has 2 aromatic rings. The van der Waals surface area contributed by atoms with Crippen LogP contribution < -0.4 is 10.5 Å². The maximum Gasteiger partial charge on any atom is 0.216 e. The number of nitrogens with zero attached hydrogens (tertiary/aromatic N) is 2. The molecule has 106 valence electrons. The van der Waals surface area contributed by atoms with Crippen LogP contribution in [0.1, 0.15) is 17.0 Å². The first kappa shape index (κ1) is 14.4. The van der Waals surface area contributed by atoms with Crippen molar-refractivity contribution in [3.8, 4) is 0 Å². The monoisotopic (exact) mass is 292 g/mol. The van der Waals surface area contributed by atoms with Gasteiger partial charge in [0.2, 0.25) is 10.0 Å². The predicted octanol–water partition coefficient (Wildman–Crippen LogP) is 0.987. The molecular formula is C13H16N4O2S. The highest BCUT2D eigenvalue weighted by atomic mass is 32.2. The maximum absolute atomic E-state index is 11.9. The molecule has 0 radical (unpaired) electrons. The average molecular weight is 292 g/mol. The molecule has 0 saturated carbocycles. The molecule has 0 aliphatic heterocycles. The lowest BCUT2D eigenvalue weighted by Crippen LogP contribution is -2.25. The lowest BCUT2D eigenvalue weighted by molar-refractivity contribution is 0.579. The summed E-state index contributed by atoms with van der Waals surface area (Å²) < 4.78 is 26.4. The molecule has 3 N–H and O–H groups in total. The first-order chi connectivity index (χ1) is 9.44. The predicted molar refractivity (Wildman–Crippen MR) is 77.1 cm³/mol. The van der Waals surface area contributed by atoms with E-state index in [9.17, 15) is 8.42 Å². The van der Waals surface area contributed by atoms with Crippen LogP contribution >= 0.6 is 0 Å². The van der Waals surface area contributed by atoms with Crippen molar-refractivity contribution in [1.82, 2.24) is 14.7 Å². The van der Waals surface area contributed by atoms with Crippen LogP contribution in [0.25, 0.3) is 0 Å². The van der Waals surface area contributed by atoms with Crippen LogP contribution in [0.2, 0.25) is 0 Å². The summed E-state index contributed by atoms with van der Waals surface area (Å²) in [6.45, 7) is 1.95. The number of anilines is 1. The molecular weight excluding hydrogens is 276 g/mol. The maximum atomic E-state index is 11.9. The fourth-order valence-electron chi connectivity index (χ4n) is 1.58. The van der Waals surface area contributed by atoms with Crippen molar-refractivity contribution >= 4 is 15.7 Å². The van der Waals surface area contributed by atoms with Crippen LogP contribution in [0, 0.1) is 6.92 Å². The molecule has 0 aliphatic carbocycles. The molecule has 20 heavy (non-hydrogen) atoms. The van der Waals surface area contributed by atoms with Gasteiger partial charge in [-0.3, -0.25) is 9.97 Å². The van der Waals surface area contributed by atoms with E-state index in [0.717, 1.165) is 5.69 Å². The molecule has 6 nitrogen and oxygen atoms in total. The third kappa shape index (κ3) is 4.29. The highest BCUT2D eigenvalue weighted by molar-refractivity contribution is 7.88. The molecule has 1 heterocycles. The summed E-state index contributed by atoms with van der Waals surface area (Å²) in [5.74, 6) is -0.0907. The van der Waals surface area contributed by atoms with Gasteiger partial charge < -0.3 is 5.73 Å². The van der Waals surface area contributed by atoms with Gasteiger partial charge in [0.05, 0.1) is 29.9 Å². The summed E-state index contributed by atoms with van der Waals surface area (Å²) in [6, 6.07) is 6.74. The van der Waals surface area contributed by atoms with Gasteiger partial charge in [-0.2, -0.15) is 0 Å². The van der Waals surface area contributed by atoms with E-state index in [-0.39, 0.29) is 12.3 Å². The minimum atomic E-state index is -3.41. The van der Waals surface area contributed by atoms with Gasteiger partial charge in [-0.15, -0.1) is 0 Å². The molecule has 0 amide bonds. The molecule has 0 spiro atoms. The van der Waals surface area contributed by atoms with E-state index in [1.54, 1.807) is 36.7 Å². The van der Waals surface area contributed by atoms with Crippen LogP contribution in [0.15, 0.2) is 36.7 Å². The van der Waals surface area contributed by atoms with Crippen LogP contribution in [-0.4, -0.2) is 18.4 Å². The number of hydrogen-bond acceptors (Lipinski definition) is 5. The number of sulfonamides is 1. The third-order valence-electron chi connectivity index (χ3n) is 2.64. The van der Waals surface area contributed by atoms with E-state index in [0.29, 0.717) is 16.9 Å². The largest absolute Gasteiger partial charge is 0.399 e. The number of nitrogen functional groups attached to an aromatic ring is 1. The molecule has 0 saturated heterocycles. The molecule has 1 aromatic heterocycles. The number of nitrogens with one attached hydrogen (secondary N) is 1. The van der Waals surface area contributed by atoms with E-state index in [4.69, 9.17) is 5.73 Å². The lowest BCUT2D eigenvalue weighted by atomic mass is 10.2. The average Bonchev–Trinajstić information content (AvgIpc) is 2.41. The minimum Gasteiger partial charge on any atom is -0.399 e. The third-order valence-corrected chi connectivity index (χ3v) is 3.94. The van der Waals surface area contributed by atoms with E-state index in [2.05, 4.69) is 14.7 Å². The van der Waals surface area contributed by atoms with Gasteiger partial charge in [0.25, 0.3) is 0 Å². The quantitative estimate of drug-likeness (QED) is 0.801. The first-order valence-electron chi connectivity index (χ1n) is 6.04. The zero-order valence-electron chi connectivity index (χ0n) is 11.1. The number of rotatable bonds is 5. The molecule has 0 aliphatic rings. The summed E-state index contributed by atoms with van der Waals surface area (Å²) in [6.07, 6.45) is 3.16. The minimum absolute atomic E-state index is 0.0907. The molecule has 0 atom stereocenters. The Morgan fingerprint density at radius 2 is 1.85 bits per heavy atom. The van der Waals surface area contributed by atoms with Gasteiger partial charge in [0, 0.05) is 11.9 Å². The molecule has 1 aromatic carbocycles. The van der Waals surface area contributed by atoms with E-state index < -0.39 is 10.0 Å². The molecule has 2 rings (SSSR count). The van der Waals surface area contributed by atoms with Gasteiger partial charge in [-0.05, 0) is 24.6 Å². The Hall–Kier alpha value is -1.99. The van der Waals surface area contributed by atoms with Crippen molar-refractivity contribution in [1.29, 1.82) is 0 Å². The summed E-state index contributed by atoms with van der Waals surface area (Å²) in [4.78, 5) is 8.16. The summed E-state index contributed by atoms with van der Waals surface area (Å²) in [5.41, 5.74) is 8.22. The number of aryl methyl sites for hydroxylation is 1. The van der Waals surface area contributed by atoms with Crippen molar-refractivity contribution < 1.29 is 8.42 Å². The Kier molecular flexibility index (Phi) is 4.31. The van der Waals surface area contributed by atoms with Crippen molar-refractivity contribution in [2.75, 3.05) is 5.73 Å². The topological polar surface area (TPSA) is 98.0 Å². The zero-order valence-corrected chi connectivity index (χ0v) is 11.9. The second-order valence-electron chi connectivity index (χ2n) is 4.47. The number of aromatic nitrogens is 2. The normalized spacial score (nSPS) is 11.4. The van der Waals surface area contributed by atoms with Gasteiger partial charge in [-0.25, -0.2) is 13.1 Å². The second-order valence-corrected chi connectivity index (χ2v) is 6.28. The van der Waals surface area contributed by atoms with Crippen molar-refractivity contribution in [2.45, 2.75) is 19.2 Å². The van der Waals surface area contributed by atoms with Gasteiger partial charge >= 0.3 is 0 Å². The van der Waals surface area contributed by atoms with E-state index in [1.807, 2.05) is 6.92 Å². The standard InChI is InChI=1S/C13H16N4O2S/c1-10-6-16-13(7-15-10)8-17-20(18,19)9-11-2-4-12(14)5-3-11/h2-7,17H,8-9,14H2,1H3. The van der Waals surface area contributed by atoms with Crippen LogP contribution in [0.3, 0.4) is 0 Å². The van der Waals surface area contributed by atoms with Crippen LogP contribution in [-0.2, 0) is 22.3 Å². The Labute approximate surface area is 118 Å². The van der Waals surface area contributed by atoms with Gasteiger partial charge in [0.15, 0.2) is 0 Å². The second kappa shape index (κ2) is 5.98. The molecule has 7 heteroatoms. The lowest BCUT2D eigenvalue weighted by Gasteiger charge is -2.06. The van der Waals surface area contributed by atoms with Crippen molar-refractivity contribution in [2.24, 2.45) is 0 Å². The SMILES string of the molecule is Cc1cnc(CNS(=O)(=O)Cc2ccc(N)cc2)cn1. The molecule has 0 unspecified atom stereocenters. The van der Waals surface area contributed by atoms with E-state index >= 15 is 0 Å². The summed E-state index contributed by atoms with van der Waals surface area (Å²) in [5, 5.41) is 0. The Bertz CT molecular complexity index is 667. The fourth-order valence-corrected chi connectivity index (χ4v) is 2.68. The number of benzene rings is 1. The van der Waals surface area contributed by atoms with Crippen molar-refractivity contribution in [3.05, 3.63) is 53.6 Å². The zero-order chi connectivity index (χ0) is 14.6. The smallest absolute Gasteiger partial charge is 0.216 e. The summed E-state index contributed by atoms with van der Waals surface area (Å²) >= 11 is 0. The highest BCUT2D eigenvalue weighted by Crippen LogP contribution is 2.09. The Balaban J connectivity index is 1.97. The van der Waals surface area contributed by atoms with Gasteiger partial charge in [0.1, 0.15) is 0 Å². The highest BCUT2D eigenvalue weighted by Gasteiger charge is 2.11. The molecule has 0 bridgehead atoms. The molecule has 0 fully saturated rings. The van der Waals surface area contributed by atoms with Crippen LogP contribution in [0.5, 0.6) is 0 Å². The Morgan fingerprint density at radius 1 is 1.15 bits per heavy atom. The Morgan fingerprint density at radius 3 is 2.45 bits per heavy atom. The summed E-state index contributed by atoms with van der Waals surface area (Å²) in [7, 11) is -3.41. The first-order valence-corrected chi connectivity index (χ1v) is 7.69. The van der Waals surface area contributed by atoms with E-state index in [1.165, 1.54) is 0 Å². The fraction of sp³-hybridized carbons (Fsp3) is 0.231. The van der Waals surface area contributed by atoms with Gasteiger partial charge in [-0.1, -0.05) is 12.1 Å². The van der Waals surface area contributed by atoms with Crippen molar-refractivity contribution in [3.63, 3.8) is 0 Å². The number of hydrogen-bond donors (Lipinski definition) is 2. The number of nitrogens with two attached hydrogens (primary N) is 1.